The summed E-state index contributed by atoms with van der Waals surface area (Å²) in [5, 5.41) is 2.76. The van der Waals surface area contributed by atoms with Crippen molar-refractivity contribution in [2.45, 2.75) is 38.8 Å². The van der Waals surface area contributed by atoms with Gasteiger partial charge in [-0.15, -0.1) is 0 Å². The van der Waals surface area contributed by atoms with E-state index in [1.165, 1.54) is 18.0 Å². The number of fused-ring (bicyclic) bond motifs is 3. The van der Waals surface area contributed by atoms with Crippen molar-refractivity contribution in [2.24, 2.45) is 0 Å². The number of rotatable bonds is 5. The van der Waals surface area contributed by atoms with Crippen molar-refractivity contribution < 1.29 is 14.3 Å². The predicted molar refractivity (Wildman–Crippen MR) is 108 cm³/mol. The van der Waals surface area contributed by atoms with E-state index < -0.39 is 0 Å². The van der Waals surface area contributed by atoms with Crippen LogP contribution in [0.15, 0.2) is 29.3 Å². The summed E-state index contributed by atoms with van der Waals surface area (Å²) in [6, 6.07) is 5.10. The van der Waals surface area contributed by atoms with Gasteiger partial charge in [0.1, 0.15) is 30.2 Å². The number of hydrogen-bond donors (Lipinski definition) is 1. The fourth-order valence-electron chi connectivity index (χ4n) is 3.60. The molecule has 3 heterocycles. The SMILES string of the molecule is COc1ccc(OC)c(NC(=O)Cn2cnc3c(nc4n3CCCCC4)c2=O)c1. The van der Waals surface area contributed by atoms with E-state index in [1.807, 2.05) is 4.57 Å². The van der Waals surface area contributed by atoms with Crippen molar-refractivity contribution in [3.8, 4) is 11.5 Å². The maximum atomic E-state index is 12.9. The first-order valence-electron chi connectivity index (χ1n) is 9.57. The molecule has 2 aromatic heterocycles. The van der Waals surface area contributed by atoms with Crippen molar-refractivity contribution >= 4 is 22.8 Å². The highest BCUT2D eigenvalue weighted by atomic mass is 16.5. The van der Waals surface area contributed by atoms with E-state index in [9.17, 15) is 9.59 Å². The number of nitrogens with one attached hydrogen (secondary N) is 1. The third-order valence-corrected chi connectivity index (χ3v) is 5.08. The Morgan fingerprint density at radius 1 is 1.21 bits per heavy atom. The lowest BCUT2D eigenvalue weighted by Gasteiger charge is -2.12. The molecule has 0 spiro atoms. The number of carbonyl (C=O) groups excluding carboxylic acids is 1. The molecule has 9 heteroatoms. The van der Waals surface area contributed by atoms with E-state index >= 15 is 0 Å². The third-order valence-electron chi connectivity index (χ3n) is 5.08. The number of anilines is 1. The van der Waals surface area contributed by atoms with E-state index in [2.05, 4.69) is 15.3 Å². The Bertz CT molecular complexity index is 1120. The molecule has 1 aromatic carbocycles. The quantitative estimate of drug-likeness (QED) is 0.707. The molecule has 3 aromatic rings. The summed E-state index contributed by atoms with van der Waals surface area (Å²) in [5.74, 6) is 1.60. The lowest BCUT2D eigenvalue weighted by molar-refractivity contribution is -0.116. The summed E-state index contributed by atoms with van der Waals surface area (Å²) in [6.07, 6.45) is 5.50. The van der Waals surface area contributed by atoms with Crippen LogP contribution in [0.5, 0.6) is 11.5 Å². The Morgan fingerprint density at radius 3 is 2.86 bits per heavy atom. The normalized spacial score (nSPS) is 13.6. The lowest BCUT2D eigenvalue weighted by atomic mass is 10.2. The number of benzene rings is 1. The number of hydrogen-bond acceptors (Lipinski definition) is 6. The zero-order chi connectivity index (χ0) is 20.4. The van der Waals surface area contributed by atoms with E-state index in [0.717, 1.165) is 38.1 Å². The monoisotopic (exact) mass is 397 g/mol. The number of aryl methyl sites for hydroxylation is 2. The second-order valence-electron chi connectivity index (χ2n) is 6.95. The molecule has 0 saturated carbocycles. The smallest absolute Gasteiger partial charge is 0.282 e. The Balaban J connectivity index is 1.59. The number of nitrogens with zero attached hydrogens (tertiary/aromatic N) is 4. The zero-order valence-corrected chi connectivity index (χ0v) is 16.5. The van der Waals surface area contributed by atoms with Crippen LogP contribution in [-0.4, -0.2) is 39.2 Å². The van der Waals surface area contributed by atoms with Crippen LogP contribution in [0.4, 0.5) is 5.69 Å². The number of aromatic nitrogens is 4. The summed E-state index contributed by atoms with van der Waals surface area (Å²) < 4.78 is 13.8. The number of methoxy groups -OCH3 is 2. The van der Waals surface area contributed by atoms with E-state index in [4.69, 9.17) is 9.47 Å². The van der Waals surface area contributed by atoms with Gasteiger partial charge in [-0.1, -0.05) is 6.42 Å². The summed E-state index contributed by atoms with van der Waals surface area (Å²) in [7, 11) is 3.06. The molecular formula is C20H23N5O4. The van der Waals surface area contributed by atoms with Crippen molar-refractivity contribution in [3.63, 3.8) is 0 Å². The topological polar surface area (TPSA) is 100 Å². The molecule has 29 heavy (non-hydrogen) atoms. The summed E-state index contributed by atoms with van der Waals surface area (Å²) in [4.78, 5) is 34.4. The molecule has 1 aliphatic rings. The third kappa shape index (κ3) is 3.67. The molecule has 1 amide bonds. The molecule has 0 radical (unpaired) electrons. The van der Waals surface area contributed by atoms with E-state index in [-0.39, 0.29) is 18.0 Å². The molecule has 4 rings (SSSR count). The fraction of sp³-hybridized carbons (Fsp3) is 0.400. The fourth-order valence-corrected chi connectivity index (χ4v) is 3.60. The van der Waals surface area contributed by atoms with Gasteiger partial charge in [-0.25, -0.2) is 9.97 Å². The summed E-state index contributed by atoms with van der Waals surface area (Å²) >= 11 is 0. The second-order valence-corrected chi connectivity index (χ2v) is 6.95. The number of amides is 1. The maximum Gasteiger partial charge on any atom is 0.282 e. The van der Waals surface area contributed by atoms with Crippen molar-refractivity contribution in [2.75, 3.05) is 19.5 Å². The van der Waals surface area contributed by atoms with Crippen molar-refractivity contribution in [1.82, 2.24) is 19.1 Å². The Morgan fingerprint density at radius 2 is 2.07 bits per heavy atom. The Labute approximate surface area is 167 Å². The maximum absolute atomic E-state index is 12.9. The average molecular weight is 397 g/mol. The molecule has 0 unspecified atom stereocenters. The zero-order valence-electron chi connectivity index (χ0n) is 16.5. The molecule has 1 N–H and O–H groups in total. The van der Waals surface area contributed by atoms with Crippen LogP contribution in [0.25, 0.3) is 11.2 Å². The van der Waals surface area contributed by atoms with E-state index in [0.29, 0.717) is 28.4 Å². The first-order chi connectivity index (χ1) is 14.1. The number of ether oxygens (including phenoxy) is 2. The average Bonchev–Trinajstić information content (AvgIpc) is 2.91. The molecule has 9 nitrogen and oxygen atoms in total. The van der Waals surface area contributed by atoms with Crippen LogP contribution in [0, 0.1) is 0 Å². The molecule has 0 saturated heterocycles. The largest absolute Gasteiger partial charge is 0.497 e. The Kier molecular flexibility index (Phi) is 5.20. The molecule has 0 bridgehead atoms. The van der Waals surface area contributed by atoms with Gasteiger partial charge >= 0.3 is 0 Å². The van der Waals surface area contributed by atoms with Gasteiger partial charge in [-0.05, 0) is 25.0 Å². The molecule has 0 fully saturated rings. The van der Waals surface area contributed by atoms with Gasteiger partial charge in [0.2, 0.25) is 5.91 Å². The highest BCUT2D eigenvalue weighted by molar-refractivity contribution is 5.92. The molecular weight excluding hydrogens is 374 g/mol. The molecule has 0 atom stereocenters. The van der Waals surface area contributed by atoms with Gasteiger partial charge in [-0.3, -0.25) is 14.2 Å². The van der Waals surface area contributed by atoms with Crippen LogP contribution < -0.4 is 20.3 Å². The Hall–Kier alpha value is -3.36. The summed E-state index contributed by atoms with van der Waals surface area (Å²) in [5.41, 5.74) is 1.06. The van der Waals surface area contributed by atoms with Gasteiger partial charge in [-0.2, -0.15) is 0 Å². The molecule has 0 aliphatic carbocycles. The van der Waals surface area contributed by atoms with Crippen molar-refractivity contribution in [1.29, 1.82) is 0 Å². The predicted octanol–water partition coefficient (Wildman–Crippen LogP) is 1.98. The number of carbonyl (C=O) groups is 1. The van der Waals surface area contributed by atoms with Crippen LogP contribution in [0.1, 0.15) is 25.1 Å². The highest BCUT2D eigenvalue weighted by Crippen LogP contribution is 2.28. The van der Waals surface area contributed by atoms with Gasteiger partial charge in [0, 0.05) is 19.0 Å². The van der Waals surface area contributed by atoms with E-state index in [1.54, 1.807) is 25.3 Å². The van der Waals surface area contributed by atoms with Crippen molar-refractivity contribution in [3.05, 3.63) is 40.7 Å². The van der Waals surface area contributed by atoms with Crippen LogP contribution in [-0.2, 0) is 24.3 Å². The van der Waals surface area contributed by atoms with Gasteiger partial charge in [0.05, 0.1) is 19.9 Å². The highest BCUT2D eigenvalue weighted by Gasteiger charge is 2.18. The van der Waals surface area contributed by atoms with Crippen LogP contribution in [0.3, 0.4) is 0 Å². The lowest BCUT2D eigenvalue weighted by Crippen LogP contribution is -2.28. The minimum atomic E-state index is -0.374. The van der Waals surface area contributed by atoms with Gasteiger partial charge in [0.15, 0.2) is 11.2 Å². The van der Waals surface area contributed by atoms with Gasteiger partial charge < -0.3 is 19.4 Å². The second kappa shape index (κ2) is 7.94. The first kappa shape index (κ1) is 19.0. The molecule has 152 valence electrons. The first-order valence-corrected chi connectivity index (χ1v) is 9.57. The minimum Gasteiger partial charge on any atom is -0.497 e. The van der Waals surface area contributed by atoms with Gasteiger partial charge in [0.25, 0.3) is 5.56 Å². The number of imidazole rings is 1. The van der Waals surface area contributed by atoms with Crippen LogP contribution >= 0.6 is 0 Å². The summed E-state index contributed by atoms with van der Waals surface area (Å²) in [6.45, 7) is 0.642. The molecule has 1 aliphatic heterocycles. The minimum absolute atomic E-state index is 0.176. The standard InChI is InChI=1S/C20H23N5O4/c1-28-13-7-8-15(29-2)14(10-13)22-17(26)11-24-12-21-19-18(20(24)27)23-16-6-4-3-5-9-25(16)19/h7-8,10,12H,3-6,9,11H2,1-2H3,(H,22,26). The van der Waals surface area contributed by atoms with Crippen LogP contribution in [0.2, 0.25) is 0 Å².